The van der Waals surface area contributed by atoms with E-state index in [4.69, 9.17) is 9.47 Å². The van der Waals surface area contributed by atoms with Crippen LogP contribution in [0.4, 0.5) is 0 Å². The smallest absolute Gasteiger partial charge is 0.244 e. The predicted molar refractivity (Wildman–Crippen MR) is 103 cm³/mol. The van der Waals surface area contributed by atoms with Crippen molar-refractivity contribution >= 4 is 12.0 Å². The molecule has 1 aliphatic heterocycles. The number of hydrogen-bond donors (Lipinski definition) is 1. The van der Waals surface area contributed by atoms with Gasteiger partial charge in [0.25, 0.3) is 0 Å². The van der Waals surface area contributed by atoms with Crippen molar-refractivity contribution in [3.05, 3.63) is 35.9 Å². The zero-order chi connectivity index (χ0) is 18.2. The fourth-order valence-electron chi connectivity index (χ4n) is 4.13. The highest BCUT2D eigenvalue weighted by atomic mass is 16.5. The van der Waals surface area contributed by atoms with E-state index in [1.165, 1.54) is 19.3 Å². The number of ether oxygens (including phenoxy) is 2. The number of nitrogens with one attached hydrogen (secondary N) is 1. The molecule has 1 N–H and O–H groups in total. The van der Waals surface area contributed by atoms with Crippen LogP contribution < -0.4 is 10.1 Å². The number of hydrogen-bond acceptors (Lipinski definition) is 4. The van der Waals surface area contributed by atoms with Crippen molar-refractivity contribution in [2.75, 3.05) is 40.0 Å². The molecule has 26 heavy (non-hydrogen) atoms. The van der Waals surface area contributed by atoms with Crippen LogP contribution in [-0.2, 0) is 9.53 Å². The third-order valence-corrected chi connectivity index (χ3v) is 5.61. The maximum atomic E-state index is 12.4. The van der Waals surface area contributed by atoms with E-state index in [9.17, 15) is 4.79 Å². The molecule has 1 heterocycles. The first-order valence-corrected chi connectivity index (χ1v) is 9.65. The first kappa shape index (κ1) is 18.9. The van der Waals surface area contributed by atoms with Gasteiger partial charge in [0.1, 0.15) is 5.75 Å². The average Bonchev–Trinajstić information content (AvgIpc) is 2.72. The summed E-state index contributed by atoms with van der Waals surface area (Å²) in [5.41, 5.74) is 1.00. The van der Waals surface area contributed by atoms with Gasteiger partial charge in [-0.25, -0.2) is 0 Å². The van der Waals surface area contributed by atoms with Gasteiger partial charge in [0, 0.05) is 36.8 Å². The van der Waals surface area contributed by atoms with Gasteiger partial charge < -0.3 is 14.8 Å². The number of amides is 1. The number of benzene rings is 1. The topological polar surface area (TPSA) is 50.8 Å². The second kappa shape index (κ2) is 9.19. The van der Waals surface area contributed by atoms with E-state index in [0.29, 0.717) is 6.54 Å². The van der Waals surface area contributed by atoms with E-state index in [1.54, 1.807) is 13.2 Å². The van der Waals surface area contributed by atoms with E-state index in [2.05, 4.69) is 10.2 Å². The second-order valence-corrected chi connectivity index (χ2v) is 7.18. The fourth-order valence-corrected chi connectivity index (χ4v) is 4.13. The molecule has 1 aliphatic carbocycles. The molecule has 5 nitrogen and oxygen atoms in total. The minimum atomic E-state index is -0.0471. The molecule has 1 aromatic carbocycles. The number of nitrogens with zero attached hydrogens (tertiary/aromatic N) is 1. The molecule has 1 amide bonds. The monoisotopic (exact) mass is 358 g/mol. The highest BCUT2D eigenvalue weighted by molar-refractivity contribution is 5.92. The Labute approximate surface area is 156 Å². The van der Waals surface area contributed by atoms with Crippen molar-refractivity contribution in [1.82, 2.24) is 10.2 Å². The highest BCUT2D eigenvalue weighted by Crippen LogP contribution is 2.33. The molecule has 0 unspecified atom stereocenters. The van der Waals surface area contributed by atoms with E-state index in [1.807, 2.05) is 30.3 Å². The number of carbonyl (C=O) groups excluding carboxylic acids is 1. The molecular weight excluding hydrogens is 328 g/mol. The Bertz CT molecular complexity index is 617. The van der Waals surface area contributed by atoms with Gasteiger partial charge in [-0.3, -0.25) is 9.69 Å². The predicted octanol–water partition coefficient (Wildman–Crippen LogP) is 2.86. The largest absolute Gasteiger partial charge is 0.496 e. The summed E-state index contributed by atoms with van der Waals surface area (Å²) < 4.78 is 10.8. The summed E-state index contributed by atoms with van der Waals surface area (Å²) in [4.78, 5) is 14.9. The number of rotatable bonds is 6. The van der Waals surface area contributed by atoms with Crippen molar-refractivity contribution in [2.24, 2.45) is 0 Å². The van der Waals surface area contributed by atoms with Gasteiger partial charge in [0.2, 0.25) is 5.91 Å². The maximum Gasteiger partial charge on any atom is 0.244 e. The average molecular weight is 358 g/mol. The van der Waals surface area contributed by atoms with Crippen molar-refractivity contribution in [1.29, 1.82) is 0 Å². The molecule has 142 valence electrons. The molecule has 0 bridgehead atoms. The lowest BCUT2D eigenvalue weighted by Crippen LogP contribution is -2.59. The first-order chi connectivity index (χ1) is 12.7. The molecule has 1 saturated carbocycles. The number of carbonyl (C=O) groups is 1. The molecule has 2 aliphatic rings. The third-order valence-electron chi connectivity index (χ3n) is 5.61. The van der Waals surface area contributed by atoms with E-state index < -0.39 is 0 Å². The Morgan fingerprint density at radius 3 is 2.69 bits per heavy atom. The summed E-state index contributed by atoms with van der Waals surface area (Å²) in [5.74, 6) is 0.725. The van der Waals surface area contributed by atoms with Crippen LogP contribution in [0.2, 0.25) is 0 Å². The van der Waals surface area contributed by atoms with Crippen LogP contribution >= 0.6 is 0 Å². The molecule has 3 rings (SSSR count). The Kier molecular flexibility index (Phi) is 6.69. The van der Waals surface area contributed by atoms with Gasteiger partial charge in [-0.15, -0.1) is 0 Å². The van der Waals surface area contributed by atoms with Crippen molar-refractivity contribution in [2.45, 2.75) is 37.6 Å². The maximum absolute atomic E-state index is 12.4. The summed E-state index contributed by atoms with van der Waals surface area (Å²) in [5, 5.41) is 3.15. The number of methoxy groups -OCH3 is 1. The molecule has 0 aromatic heterocycles. The third kappa shape index (κ3) is 4.65. The quantitative estimate of drug-likeness (QED) is 0.795. The fraction of sp³-hybridized carbons (Fsp3) is 0.571. The van der Waals surface area contributed by atoms with Crippen molar-refractivity contribution in [3.8, 4) is 5.75 Å². The lowest BCUT2D eigenvalue weighted by molar-refractivity contribution is -0.117. The van der Waals surface area contributed by atoms with Gasteiger partial charge in [-0.1, -0.05) is 37.5 Å². The summed E-state index contributed by atoms with van der Waals surface area (Å²) in [6.45, 7) is 4.23. The van der Waals surface area contributed by atoms with Gasteiger partial charge >= 0.3 is 0 Å². The minimum absolute atomic E-state index is 0.0471. The second-order valence-electron chi connectivity index (χ2n) is 7.18. The number of para-hydroxylation sites is 1. The van der Waals surface area contributed by atoms with E-state index >= 15 is 0 Å². The van der Waals surface area contributed by atoms with Gasteiger partial charge in [-0.05, 0) is 25.0 Å². The molecule has 1 aromatic rings. The zero-order valence-electron chi connectivity index (χ0n) is 15.7. The summed E-state index contributed by atoms with van der Waals surface area (Å²) in [6.07, 6.45) is 9.51. The number of morpholine rings is 1. The first-order valence-electron chi connectivity index (χ1n) is 9.65. The zero-order valence-corrected chi connectivity index (χ0v) is 15.7. The van der Waals surface area contributed by atoms with E-state index in [0.717, 1.165) is 50.5 Å². The van der Waals surface area contributed by atoms with Crippen molar-refractivity contribution in [3.63, 3.8) is 0 Å². The van der Waals surface area contributed by atoms with Crippen molar-refractivity contribution < 1.29 is 14.3 Å². The van der Waals surface area contributed by atoms with Gasteiger partial charge in [-0.2, -0.15) is 0 Å². The SMILES string of the molecule is COc1ccccc1/C=C/C(=O)NCC1(N2CCOCC2)CCCCC1. The highest BCUT2D eigenvalue weighted by Gasteiger charge is 2.38. The Balaban J connectivity index is 1.61. The van der Waals surface area contributed by atoms with Crippen LogP contribution in [0.3, 0.4) is 0 Å². The van der Waals surface area contributed by atoms with Crippen LogP contribution in [0, 0.1) is 0 Å². The lowest BCUT2D eigenvalue weighted by atomic mass is 9.79. The minimum Gasteiger partial charge on any atom is -0.496 e. The van der Waals surface area contributed by atoms with Crippen LogP contribution in [0.25, 0.3) is 6.08 Å². The summed E-state index contributed by atoms with van der Waals surface area (Å²) in [6, 6.07) is 7.70. The lowest BCUT2D eigenvalue weighted by Gasteiger charge is -2.48. The molecular formula is C21H30N2O3. The molecule has 1 saturated heterocycles. The van der Waals surface area contributed by atoms with Crippen LogP contribution in [-0.4, -0.2) is 56.3 Å². The Morgan fingerprint density at radius 1 is 1.23 bits per heavy atom. The molecule has 5 heteroatoms. The van der Waals surface area contributed by atoms with Gasteiger partial charge in [0.05, 0.1) is 20.3 Å². The summed E-state index contributed by atoms with van der Waals surface area (Å²) >= 11 is 0. The normalized spacial score (nSPS) is 20.8. The van der Waals surface area contributed by atoms with Crippen LogP contribution in [0.5, 0.6) is 5.75 Å². The molecule has 0 radical (unpaired) electrons. The molecule has 0 atom stereocenters. The molecule has 0 spiro atoms. The van der Waals surface area contributed by atoms with Crippen LogP contribution in [0.1, 0.15) is 37.7 Å². The standard InChI is InChI=1S/C21H30N2O3/c1-25-19-8-4-3-7-18(19)9-10-20(24)22-17-21(11-5-2-6-12-21)23-13-15-26-16-14-23/h3-4,7-10H,2,5-6,11-17H2,1H3,(H,22,24)/b10-9+. The molecule has 2 fully saturated rings. The van der Waals surface area contributed by atoms with Crippen LogP contribution in [0.15, 0.2) is 30.3 Å². The Morgan fingerprint density at radius 2 is 1.96 bits per heavy atom. The van der Waals surface area contributed by atoms with E-state index in [-0.39, 0.29) is 11.4 Å². The Hall–Kier alpha value is -1.85. The summed E-state index contributed by atoms with van der Waals surface area (Å²) in [7, 11) is 1.64. The van der Waals surface area contributed by atoms with Gasteiger partial charge in [0.15, 0.2) is 0 Å².